The lowest BCUT2D eigenvalue weighted by Crippen LogP contribution is -2.22. The molecule has 6 heteroatoms. The van der Waals surface area contributed by atoms with Crippen LogP contribution in [0.1, 0.15) is 27.2 Å². The van der Waals surface area contributed by atoms with Crippen molar-refractivity contribution in [3.8, 4) is 5.75 Å². The minimum atomic E-state index is -0.397. The van der Waals surface area contributed by atoms with E-state index in [1.54, 1.807) is 23.7 Å². The zero-order valence-corrected chi connectivity index (χ0v) is 16.0. The molecular formula is C22H21FN2O3. The minimum Gasteiger partial charge on any atom is -0.483 e. The number of aryl methyl sites for hydroxylation is 3. The molecule has 1 aromatic heterocycles. The number of nitrogens with zero attached hydrogens (tertiary/aromatic N) is 1. The lowest BCUT2D eigenvalue weighted by Gasteiger charge is -2.13. The summed E-state index contributed by atoms with van der Waals surface area (Å²) >= 11 is 0. The van der Waals surface area contributed by atoms with Gasteiger partial charge in [0.25, 0.3) is 5.91 Å². The van der Waals surface area contributed by atoms with E-state index >= 15 is 0 Å². The maximum Gasteiger partial charge on any atom is 0.272 e. The summed E-state index contributed by atoms with van der Waals surface area (Å²) in [7, 11) is 1.67. The van der Waals surface area contributed by atoms with Crippen LogP contribution in [0.2, 0.25) is 0 Å². The SMILES string of the molecule is Cc1ccc(NC(=O)c2cc(=O)c(OCc3ccc(F)cc3)cn2C)c(C)c1. The molecule has 0 fully saturated rings. The maximum absolute atomic E-state index is 13.0. The number of anilines is 1. The lowest BCUT2D eigenvalue weighted by molar-refractivity contribution is 0.101. The second-order valence-corrected chi connectivity index (χ2v) is 6.69. The summed E-state index contributed by atoms with van der Waals surface area (Å²) < 4.78 is 20.0. The van der Waals surface area contributed by atoms with Gasteiger partial charge in [0.2, 0.25) is 5.43 Å². The van der Waals surface area contributed by atoms with Crippen molar-refractivity contribution in [1.82, 2.24) is 4.57 Å². The van der Waals surface area contributed by atoms with E-state index in [0.717, 1.165) is 16.7 Å². The molecule has 0 saturated carbocycles. The number of benzene rings is 2. The summed E-state index contributed by atoms with van der Waals surface area (Å²) in [4.78, 5) is 25.0. The molecule has 0 atom stereocenters. The molecule has 28 heavy (non-hydrogen) atoms. The summed E-state index contributed by atoms with van der Waals surface area (Å²) in [6, 6.07) is 12.8. The Hall–Kier alpha value is -3.41. The molecule has 3 aromatic rings. The van der Waals surface area contributed by atoms with Crippen LogP contribution in [0.3, 0.4) is 0 Å². The summed E-state index contributed by atoms with van der Waals surface area (Å²) in [5, 5.41) is 2.83. The molecule has 1 heterocycles. The highest BCUT2D eigenvalue weighted by atomic mass is 19.1. The third-order valence-electron chi connectivity index (χ3n) is 4.37. The summed E-state index contributed by atoms with van der Waals surface area (Å²) in [6.07, 6.45) is 1.47. The normalized spacial score (nSPS) is 10.6. The summed E-state index contributed by atoms with van der Waals surface area (Å²) in [6.45, 7) is 4.02. The fourth-order valence-electron chi connectivity index (χ4n) is 2.82. The third-order valence-corrected chi connectivity index (χ3v) is 4.37. The van der Waals surface area contributed by atoms with Gasteiger partial charge in [-0.15, -0.1) is 0 Å². The van der Waals surface area contributed by atoms with Crippen LogP contribution in [0, 0.1) is 19.7 Å². The van der Waals surface area contributed by atoms with Crippen molar-refractivity contribution in [2.45, 2.75) is 20.5 Å². The van der Waals surface area contributed by atoms with Gasteiger partial charge in [0.1, 0.15) is 18.1 Å². The van der Waals surface area contributed by atoms with Crippen LogP contribution in [-0.4, -0.2) is 10.5 Å². The predicted octanol–water partition coefficient (Wildman–Crippen LogP) is 3.97. The van der Waals surface area contributed by atoms with Crippen molar-refractivity contribution in [2.24, 2.45) is 7.05 Å². The molecule has 0 aliphatic rings. The Balaban J connectivity index is 1.76. The Labute approximate surface area is 162 Å². The quantitative estimate of drug-likeness (QED) is 0.729. The number of rotatable bonds is 5. The van der Waals surface area contributed by atoms with Gasteiger partial charge in [0.15, 0.2) is 5.75 Å². The molecule has 1 amide bonds. The van der Waals surface area contributed by atoms with Crippen LogP contribution >= 0.6 is 0 Å². The average molecular weight is 380 g/mol. The average Bonchev–Trinajstić information content (AvgIpc) is 2.65. The zero-order chi connectivity index (χ0) is 20.3. The molecule has 2 aromatic carbocycles. The van der Waals surface area contributed by atoms with Crippen molar-refractivity contribution in [3.63, 3.8) is 0 Å². The van der Waals surface area contributed by atoms with E-state index in [-0.39, 0.29) is 29.8 Å². The van der Waals surface area contributed by atoms with Gasteiger partial charge in [-0.3, -0.25) is 9.59 Å². The highest BCUT2D eigenvalue weighted by molar-refractivity contribution is 6.03. The van der Waals surface area contributed by atoms with Gasteiger partial charge in [0.05, 0.1) is 6.20 Å². The molecule has 0 bridgehead atoms. The first-order chi connectivity index (χ1) is 13.3. The monoisotopic (exact) mass is 380 g/mol. The molecule has 0 unspecified atom stereocenters. The first-order valence-electron chi connectivity index (χ1n) is 8.80. The number of carbonyl (C=O) groups excluding carboxylic acids is 1. The second kappa shape index (κ2) is 8.08. The van der Waals surface area contributed by atoms with Crippen LogP contribution in [0.5, 0.6) is 5.75 Å². The number of hydrogen-bond acceptors (Lipinski definition) is 3. The van der Waals surface area contributed by atoms with Crippen LogP contribution in [0.25, 0.3) is 0 Å². The Kier molecular flexibility index (Phi) is 5.59. The second-order valence-electron chi connectivity index (χ2n) is 6.69. The van der Waals surface area contributed by atoms with E-state index in [4.69, 9.17) is 4.74 Å². The van der Waals surface area contributed by atoms with Gasteiger partial charge >= 0.3 is 0 Å². The Bertz CT molecular complexity index is 1070. The molecule has 0 aliphatic heterocycles. The Morgan fingerprint density at radius 2 is 1.82 bits per heavy atom. The molecule has 0 aliphatic carbocycles. The summed E-state index contributed by atoms with van der Waals surface area (Å²) in [5.74, 6) is -0.592. The molecule has 144 valence electrons. The molecule has 5 nitrogen and oxygen atoms in total. The van der Waals surface area contributed by atoms with E-state index in [0.29, 0.717) is 5.69 Å². The third kappa shape index (κ3) is 4.46. The number of carbonyl (C=O) groups is 1. The highest BCUT2D eigenvalue weighted by Crippen LogP contribution is 2.17. The smallest absolute Gasteiger partial charge is 0.272 e. The lowest BCUT2D eigenvalue weighted by atomic mass is 10.1. The van der Waals surface area contributed by atoms with Crippen LogP contribution in [0.15, 0.2) is 59.5 Å². The van der Waals surface area contributed by atoms with E-state index in [1.165, 1.54) is 24.4 Å². The predicted molar refractivity (Wildman–Crippen MR) is 106 cm³/mol. The van der Waals surface area contributed by atoms with Gasteiger partial charge in [-0.05, 0) is 43.2 Å². The highest BCUT2D eigenvalue weighted by Gasteiger charge is 2.14. The van der Waals surface area contributed by atoms with Gasteiger partial charge in [0, 0.05) is 18.8 Å². The van der Waals surface area contributed by atoms with Crippen molar-refractivity contribution >= 4 is 11.6 Å². The minimum absolute atomic E-state index is 0.120. The van der Waals surface area contributed by atoms with Gasteiger partial charge < -0.3 is 14.6 Å². The number of ether oxygens (including phenoxy) is 1. The van der Waals surface area contributed by atoms with E-state index < -0.39 is 5.43 Å². The number of amides is 1. The van der Waals surface area contributed by atoms with Crippen molar-refractivity contribution in [1.29, 1.82) is 0 Å². The Morgan fingerprint density at radius 1 is 1.11 bits per heavy atom. The summed E-state index contributed by atoms with van der Waals surface area (Å²) in [5.41, 5.74) is 3.30. The molecule has 1 N–H and O–H groups in total. The first-order valence-corrected chi connectivity index (χ1v) is 8.80. The fraction of sp³-hybridized carbons (Fsp3) is 0.182. The van der Waals surface area contributed by atoms with Gasteiger partial charge in [-0.25, -0.2) is 4.39 Å². The van der Waals surface area contributed by atoms with Crippen LogP contribution in [0.4, 0.5) is 10.1 Å². The molecule has 3 rings (SSSR count). The van der Waals surface area contributed by atoms with Gasteiger partial charge in [-0.2, -0.15) is 0 Å². The number of nitrogens with one attached hydrogen (secondary N) is 1. The largest absolute Gasteiger partial charge is 0.483 e. The van der Waals surface area contributed by atoms with E-state index in [1.807, 2.05) is 32.0 Å². The van der Waals surface area contributed by atoms with Crippen molar-refractivity contribution < 1.29 is 13.9 Å². The number of aromatic nitrogens is 1. The first kappa shape index (κ1) is 19.4. The number of pyridine rings is 1. The maximum atomic E-state index is 13.0. The molecule has 0 radical (unpaired) electrons. The number of hydrogen-bond donors (Lipinski definition) is 1. The van der Waals surface area contributed by atoms with E-state index in [9.17, 15) is 14.0 Å². The Morgan fingerprint density at radius 3 is 2.50 bits per heavy atom. The molecular weight excluding hydrogens is 359 g/mol. The van der Waals surface area contributed by atoms with E-state index in [2.05, 4.69) is 5.32 Å². The molecule has 0 spiro atoms. The standard InChI is InChI=1S/C22H21FN2O3/c1-14-4-9-18(15(2)10-14)24-22(27)19-11-20(26)21(12-25(19)3)28-13-16-5-7-17(23)8-6-16/h4-12H,13H2,1-3H3,(H,24,27). The topological polar surface area (TPSA) is 60.3 Å². The van der Waals surface area contributed by atoms with Crippen molar-refractivity contribution in [2.75, 3.05) is 5.32 Å². The van der Waals surface area contributed by atoms with Gasteiger partial charge in [-0.1, -0.05) is 29.8 Å². The number of halogens is 1. The molecule has 0 saturated heterocycles. The van der Waals surface area contributed by atoms with Crippen LogP contribution < -0.4 is 15.5 Å². The van der Waals surface area contributed by atoms with Crippen molar-refractivity contribution in [3.05, 3.63) is 93.2 Å². The zero-order valence-electron chi connectivity index (χ0n) is 16.0. The van der Waals surface area contributed by atoms with Crippen LogP contribution in [-0.2, 0) is 13.7 Å². The fourth-order valence-corrected chi connectivity index (χ4v) is 2.82.